The molecule has 0 amide bonds. The van der Waals surface area contributed by atoms with Gasteiger partial charge in [-0.1, -0.05) is 231 Å². The molecule has 0 saturated heterocycles. The first-order valence-electron chi connectivity index (χ1n) is 23.8. The number of para-hydroxylation sites is 3. The third kappa shape index (κ3) is 6.56. The van der Waals surface area contributed by atoms with Crippen molar-refractivity contribution in [3.8, 4) is 50.2 Å². The molecule has 0 fully saturated rings. The van der Waals surface area contributed by atoms with E-state index in [2.05, 4.69) is 289 Å². The van der Waals surface area contributed by atoms with Crippen LogP contribution in [0.5, 0.6) is 0 Å². The van der Waals surface area contributed by atoms with Crippen molar-refractivity contribution in [3.63, 3.8) is 0 Å². The molecule has 12 aromatic rings. The smallest absolute Gasteiger partial charge is 0.0734 e. The minimum Gasteiger partial charge on any atom is -0.310 e. The molecule has 1 aromatic heterocycles. The Labute approximate surface area is 403 Å². The van der Waals surface area contributed by atoms with Crippen LogP contribution in [0.25, 0.3) is 72.0 Å². The lowest BCUT2D eigenvalue weighted by molar-refractivity contribution is 0.762. The van der Waals surface area contributed by atoms with Crippen LogP contribution in [0.2, 0.25) is 0 Å². The molecule has 13 rings (SSSR count). The quantitative estimate of drug-likeness (QED) is 0.140. The first-order valence-corrected chi connectivity index (χ1v) is 23.8. The molecule has 2 nitrogen and oxygen atoms in total. The molecule has 0 bridgehead atoms. The van der Waals surface area contributed by atoms with Crippen molar-refractivity contribution in [1.29, 1.82) is 0 Å². The van der Waals surface area contributed by atoms with Gasteiger partial charge in [0, 0.05) is 33.3 Å². The topological polar surface area (TPSA) is 8.17 Å². The van der Waals surface area contributed by atoms with E-state index in [1.54, 1.807) is 0 Å². The Kier molecular flexibility index (Phi) is 9.77. The van der Waals surface area contributed by atoms with Crippen LogP contribution in [0.4, 0.5) is 17.1 Å². The molecule has 0 radical (unpaired) electrons. The zero-order valence-electron chi connectivity index (χ0n) is 38.0. The second kappa shape index (κ2) is 16.7. The van der Waals surface area contributed by atoms with Gasteiger partial charge in [0.15, 0.2) is 0 Å². The molecule has 11 aromatic carbocycles. The van der Waals surface area contributed by atoms with Gasteiger partial charge in [0.1, 0.15) is 0 Å². The average Bonchev–Trinajstić information content (AvgIpc) is 3.93. The summed E-state index contributed by atoms with van der Waals surface area (Å²) in [7, 11) is 0. The molecule has 2 heteroatoms. The molecule has 1 aliphatic rings. The second-order valence-electron chi connectivity index (χ2n) is 18.0. The van der Waals surface area contributed by atoms with Crippen molar-refractivity contribution < 1.29 is 0 Å². The molecule has 1 heterocycles. The summed E-state index contributed by atoms with van der Waals surface area (Å²) in [5.74, 6) is 0. The summed E-state index contributed by atoms with van der Waals surface area (Å²) in [4.78, 5) is 2.37. The van der Waals surface area contributed by atoms with E-state index in [-0.39, 0.29) is 0 Å². The number of hydrogen-bond donors (Lipinski definition) is 0. The average molecular weight is 879 g/mol. The molecule has 69 heavy (non-hydrogen) atoms. The van der Waals surface area contributed by atoms with Gasteiger partial charge >= 0.3 is 0 Å². The van der Waals surface area contributed by atoms with E-state index in [0.717, 1.165) is 28.2 Å². The van der Waals surface area contributed by atoms with E-state index in [9.17, 15) is 0 Å². The van der Waals surface area contributed by atoms with E-state index in [0.29, 0.717) is 0 Å². The molecule has 0 unspecified atom stereocenters. The van der Waals surface area contributed by atoms with Crippen LogP contribution in [-0.4, -0.2) is 4.57 Å². The first kappa shape index (κ1) is 40.3. The van der Waals surface area contributed by atoms with Gasteiger partial charge in [-0.05, 0) is 104 Å². The number of aromatic nitrogens is 1. The van der Waals surface area contributed by atoms with Crippen molar-refractivity contribution >= 4 is 38.9 Å². The second-order valence-corrected chi connectivity index (χ2v) is 18.0. The van der Waals surface area contributed by atoms with Crippen LogP contribution in [0.1, 0.15) is 22.3 Å². The molecular weight excluding hydrogens is 833 g/mol. The minimum atomic E-state index is -0.547. The van der Waals surface area contributed by atoms with Gasteiger partial charge in [-0.25, -0.2) is 0 Å². The van der Waals surface area contributed by atoms with Crippen molar-refractivity contribution in [2.45, 2.75) is 5.41 Å². The molecule has 324 valence electrons. The van der Waals surface area contributed by atoms with E-state index < -0.39 is 5.41 Å². The maximum atomic E-state index is 2.54. The zero-order valence-corrected chi connectivity index (χ0v) is 38.0. The summed E-state index contributed by atoms with van der Waals surface area (Å²) < 4.78 is 2.54. The Morgan fingerprint density at radius 1 is 0.304 bits per heavy atom. The van der Waals surface area contributed by atoms with Crippen LogP contribution < -0.4 is 4.90 Å². The van der Waals surface area contributed by atoms with Crippen LogP contribution in [0.15, 0.2) is 279 Å². The molecule has 0 N–H and O–H groups in total. The van der Waals surface area contributed by atoms with E-state index in [1.165, 1.54) is 83.1 Å². The molecule has 0 atom stereocenters. The van der Waals surface area contributed by atoms with Crippen molar-refractivity contribution in [1.82, 2.24) is 4.57 Å². The van der Waals surface area contributed by atoms with Crippen LogP contribution in [-0.2, 0) is 5.41 Å². The van der Waals surface area contributed by atoms with Crippen LogP contribution in [0.3, 0.4) is 0 Å². The Morgan fingerprint density at radius 2 is 0.797 bits per heavy atom. The van der Waals surface area contributed by atoms with Gasteiger partial charge in [0.2, 0.25) is 0 Å². The van der Waals surface area contributed by atoms with Crippen LogP contribution in [0, 0.1) is 0 Å². The largest absolute Gasteiger partial charge is 0.310 e. The van der Waals surface area contributed by atoms with E-state index >= 15 is 0 Å². The van der Waals surface area contributed by atoms with Gasteiger partial charge in [-0.15, -0.1) is 0 Å². The molecule has 1 aliphatic carbocycles. The maximum absolute atomic E-state index is 2.54. The summed E-state index contributed by atoms with van der Waals surface area (Å²) in [5, 5.41) is 2.47. The number of benzene rings is 11. The molecule has 0 spiro atoms. The lowest BCUT2D eigenvalue weighted by Crippen LogP contribution is -2.29. The lowest BCUT2D eigenvalue weighted by Gasteiger charge is -2.35. The predicted octanol–water partition coefficient (Wildman–Crippen LogP) is 17.6. The van der Waals surface area contributed by atoms with Crippen molar-refractivity contribution in [3.05, 3.63) is 301 Å². The minimum absolute atomic E-state index is 0.547. The SMILES string of the molecule is c1ccc(-c2ccc(N(c3ccccc3)c3ccccc3-c3ccc(-c4ccc5c6ccccc6n(-c6cccc7c6C(c6ccccc6)(c6ccccc6)c6ccccc6-7)c5c4)cc3)cc2)cc1. The lowest BCUT2D eigenvalue weighted by atomic mass is 9.67. The van der Waals surface area contributed by atoms with Gasteiger partial charge in [-0.2, -0.15) is 0 Å². The van der Waals surface area contributed by atoms with Crippen molar-refractivity contribution in [2.75, 3.05) is 4.90 Å². The summed E-state index contributed by atoms with van der Waals surface area (Å²) in [6.45, 7) is 0. The van der Waals surface area contributed by atoms with E-state index in [4.69, 9.17) is 0 Å². The fourth-order valence-electron chi connectivity index (χ4n) is 11.3. The highest BCUT2D eigenvalue weighted by Crippen LogP contribution is 2.58. The normalized spacial score (nSPS) is 12.5. The summed E-state index contributed by atoms with van der Waals surface area (Å²) >= 11 is 0. The predicted molar refractivity (Wildman–Crippen MR) is 289 cm³/mol. The molecular formula is C67H46N2. The summed E-state index contributed by atoms with van der Waals surface area (Å²) in [5.41, 5.74) is 21.1. The first-order chi connectivity index (χ1) is 34.3. The Morgan fingerprint density at radius 3 is 1.52 bits per heavy atom. The van der Waals surface area contributed by atoms with Gasteiger partial charge in [0.25, 0.3) is 0 Å². The fourth-order valence-corrected chi connectivity index (χ4v) is 11.3. The Balaban J connectivity index is 0.947. The molecule has 0 aliphatic heterocycles. The van der Waals surface area contributed by atoms with Crippen LogP contribution >= 0.6 is 0 Å². The summed E-state index contributed by atoms with van der Waals surface area (Å²) in [6, 6.07) is 102. The van der Waals surface area contributed by atoms with Gasteiger partial charge < -0.3 is 9.47 Å². The number of anilines is 3. The summed E-state index contributed by atoms with van der Waals surface area (Å²) in [6.07, 6.45) is 0. The van der Waals surface area contributed by atoms with E-state index in [1.807, 2.05) is 0 Å². The number of rotatable bonds is 9. The third-order valence-corrected chi connectivity index (χ3v) is 14.3. The third-order valence-electron chi connectivity index (χ3n) is 14.3. The fraction of sp³-hybridized carbons (Fsp3) is 0.0149. The highest BCUT2D eigenvalue weighted by molar-refractivity contribution is 6.11. The number of nitrogens with zero attached hydrogens (tertiary/aromatic N) is 2. The highest BCUT2D eigenvalue weighted by Gasteiger charge is 2.48. The number of fused-ring (bicyclic) bond motifs is 6. The van der Waals surface area contributed by atoms with Gasteiger partial charge in [0.05, 0.1) is 27.8 Å². The Bertz CT molecular complexity index is 3760. The van der Waals surface area contributed by atoms with Gasteiger partial charge in [-0.3, -0.25) is 0 Å². The maximum Gasteiger partial charge on any atom is 0.0734 e. The standard InChI is InChI=1S/C67H46N2/c1-5-20-47(21-6-1)48-40-43-55(44-41-48)68(54-26-11-4-12-27-54)62-33-17-14-28-56(62)50-38-36-49(37-39-50)51-42-45-59-58-30-15-18-34-63(58)69(65(59)46-51)64-35-19-31-60-57-29-13-16-32-61(57)67(66(60)64,52-22-7-2-8-23-52)53-24-9-3-10-25-53/h1-46H. The zero-order chi connectivity index (χ0) is 45.7. The van der Waals surface area contributed by atoms with Crippen molar-refractivity contribution in [2.24, 2.45) is 0 Å². The number of hydrogen-bond acceptors (Lipinski definition) is 1. The monoisotopic (exact) mass is 878 g/mol. The highest BCUT2D eigenvalue weighted by atomic mass is 15.1. The Hall–Kier alpha value is -8.98. The molecule has 0 saturated carbocycles.